The number of hydrogen-bond acceptors (Lipinski definition) is 3. The van der Waals surface area contributed by atoms with Gasteiger partial charge in [0.1, 0.15) is 5.54 Å². The van der Waals surface area contributed by atoms with Gasteiger partial charge in [0.05, 0.1) is 17.8 Å². The van der Waals surface area contributed by atoms with Crippen LogP contribution in [0.4, 0.5) is 0 Å². The molecule has 0 radical (unpaired) electrons. The lowest BCUT2D eigenvalue weighted by Crippen LogP contribution is -2.43. The van der Waals surface area contributed by atoms with Crippen LogP contribution in [-0.2, 0) is 6.54 Å². The average Bonchev–Trinajstić information content (AvgIpc) is 2.90. The molecule has 0 fully saturated rings. The van der Waals surface area contributed by atoms with Gasteiger partial charge in [0.25, 0.3) is 0 Å². The number of aromatic nitrogens is 2. The number of benzene rings is 1. The molecule has 1 heterocycles. The second-order valence-electron chi connectivity index (χ2n) is 5.11. The normalized spacial score (nSPS) is 14.1. The van der Waals surface area contributed by atoms with E-state index in [2.05, 4.69) is 35.5 Å². The van der Waals surface area contributed by atoms with E-state index in [1.54, 1.807) is 0 Å². The maximum absolute atomic E-state index is 9.40. The Balaban J connectivity index is 2.00. The zero-order valence-electron chi connectivity index (χ0n) is 12.3. The van der Waals surface area contributed by atoms with Gasteiger partial charge in [-0.25, -0.2) is 0 Å². The van der Waals surface area contributed by atoms with Gasteiger partial charge in [-0.3, -0.25) is 10.00 Å². The molecular formula is C16H22N4. The second-order valence-corrected chi connectivity index (χ2v) is 5.11. The Morgan fingerprint density at radius 1 is 1.35 bits per heavy atom. The molecule has 4 nitrogen and oxygen atoms in total. The lowest BCUT2D eigenvalue weighted by molar-refractivity contribution is 0.360. The van der Waals surface area contributed by atoms with E-state index in [4.69, 9.17) is 0 Å². The first-order chi connectivity index (χ1) is 9.74. The Kier molecular flexibility index (Phi) is 4.75. The first kappa shape index (κ1) is 14.5. The van der Waals surface area contributed by atoms with Gasteiger partial charge in [0, 0.05) is 11.9 Å². The van der Waals surface area contributed by atoms with Crippen LogP contribution >= 0.6 is 0 Å². The molecule has 0 aliphatic carbocycles. The number of fused-ring (bicyclic) bond motifs is 1. The summed E-state index contributed by atoms with van der Waals surface area (Å²) in [5.41, 5.74) is 0.771. The van der Waals surface area contributed by atoms with Crippen LogP contribution in [0.15, 0.2) is 30.5 Å². The molecule has 0 amide bonds. The van der Waals surface area contributed by atoms with E-state index in [-0.39, 0.29) is 0 Å². The Morgan fingerprint density at radius 3 is 2.85 bits per heavy atom. The van der Waals surface area contributed by atoms with Gasteiger partial charge >= 0.3 is 0 Å². The summed E-state index contributed by atoms with van der Waals surface area (Å²) in [7, 11) is 0. The molecule has 2 rings (SSSR count). The van der Waals surface area contributed by atoms with Crippen molar-refractivity contribution < 1.29 is 0 Å². The maximum Gasteiger partial charge on any atom is 0.106 e. The second kappa shape index (κ2) is 6.53. The Hall–Kier alpha value is -1.86. The van der Waals surface area contributed by atoms with Gasteiger partial charge in [0.2, 0.25) is 0 Å². The van der Waals surface area contributed by atoms with Crippen molar-refractivity contribution in [2.45, 2.75) is 45.2 Å². The lowest BCUT2D eigenvalue weighted by Gasteiger charge is -2.26. The summed E-state index contributed by atoms with van der Waals surface area (Å²) in [6.07, 6.45) is 4.52. The Morgan fingerprint density at radius 2 is 2.15 bits per heavy atom. The quantitative estimate of drug-likeness (QED) is 0.841. The summed E-state index contributed by atoms with van der Waals surface area (Å²) in [5.74, 6) is 0. The van der Waals surface area contributed by atoms with Crippen molar-refractivity contribution in [1.82, 2.24) is 15.1 Å². The Labute approximate surface area is 120 Å². The number of para-hydroxylation sites is 1. The minimum Gasteiger partial charge on any atom is -0.300 e. The van der Waals surface area contributed by atoms with Crippen LogP contribution in [0.3, 0.4) is 0 Å². The molecule has 106 valence electrons. The largest absolute Gasteiger partial charge is 0.300 e. The molecule has 1 unspecified atom stereocenters. The van der Waals surface area contributed by atoms with Crippen LogP contribution in [0.2, 0.25) is 0 Å². The number of nitrogens with one attached hydrogen (secondary N) is 1. The topological polar surface area (TPSA) is 53.6 Å². The molecule has 1 aromatic heterocycles. The van der Waals surface area contributed by atoms with Crippen LogP contribution in [0.1, 0.15) is 33.1 Å². The fourth-order valence-corrected chi connectivity index (χ4v) is 2.64. The van der Waals surface area contributed by atoms with Gasteiger partial charge in [0.15, 0.2) is 0 Å². The van der Waals surface area contributed by atoms with Crippen molar-refractivity contribution in [1.29, 1.82) is 5.26 Å². The van der Waals surface area contributed by atoms with Crippen molar-refractivity contribution in [3.8, 4) is 6.07 Å². The number of aryl methyl sites for hydroxylation is 1. The van der Waals surface area contributed by atoms with Crippen LogP contribution in [0, 0.1) is 11.3 Å². The molecule has 0 aliphatic rings. The molecule has 1 N–H and O–H groups in total. The molecule has 1 atom stereocenters. The van der Waals surface area contributed by atoms with Crippen molar-refractivity contribution in [3.05, 3.63) is 30.5 Å². The summed E-state index contributed by atoms with van der Waals surface area (Å²) >= 11 is 0. The van der Waals surface area contributed by atoms with E-state index in [9.17, 15) is 5.26 Å². The SMILES string of the molecule is CCNC(C#N)(CC)CCCn1ncc2ccccc21. The van der Waals surface area contributed by atoms with Crippen molar-refractivity contribution in [3.63, 3.8) is 0 Å². The standard InChI is InChI=1S/C16H22N4/c1-3-16(13-17,18-4-2)10-7-11-20-15-9-6-5-8-14(15)12-19-20/h5-6,8-9,12,18H,3-4,7,10-11H2,1-2H3. The summed E-state index contributed by atoms with van der Waals surface area (Å²) < 4.78 is 2.03. The fraction of sp³-hybridized carbons (Fsp3) is 0.500. The van der Waals surface area contributed by atoms with Gasteiger partial charge < -0.3 is 0 Å². The molecule has 20 heavy (non-hydrogen) atoms. The molecule has 0 aliphatic heterocycles. The van der Waals surface area contributed by atoms with Crippen LogP contribution in [0.5, 0.6) is 0 Å². The lowest BCUT2D eigenvalue weighted by atomic mass is 9.92. The van der Waals surface area contributed by atoms with Crippen LogP contribution < -0.4 is 5.32 Å². The zero-order chi connectivity index (χ0) is 14.4. The first-order valence-corrected chi connectivity index (χ1v) is 7.31. The smallest absolute Gasteiger partial charge is 0.106 e. The van der Waals surface area contributed by atoms with Gasteiger partial charge in [-0.1, -0.05) is 32.0 Å². The van der Waals surface area contributed by atoms with Gasteiger partial charge in [-0.15, -0.1) is 0 Å². The molecular weight excluding hydrogens is 248 g/mol. The molecule has 0 saturated carbocycles. The fourth-order valence-electron chi connectivity index (χ4n) is 2.64. The van der Waals surface area contributed by atoms with Gasteiger partial charge in [-0.05, 0) is 31.9 Å². The molecule has 0 saturated heterocycles. The zero-order valence-corrected chi connectivity index (χ0v) is 12.3. The molecule has 1 aromatic carbocycles. The highest BCUT2D eigenvalue weighted by molar-refractivity contribution is 5.78. The Bertz CT molecular complexity index is 596. The number of nitriles is 1. The molecule has 0 spiro atoms. The summed E-state index contributed by atoms with van der Waals surface area (Å²) in [6.45, 7) is 5.78. The van der Waals surface area contributed by atoms with E-state index in [1.165, 1.54) is 5.39 Å². The number of hydrogen-bond donors (Lipinski definition) is 1. The van der Waals surface area contributed by atoms with Crippen LogP contribution in [-0.4, -0.2) is 21.9 Å². The first-order valence-electron chi connectivity index (χ1n) is 7.31. The monoisotopic (exact) mass is 270 g/mol. The van der Waals surface area contributed by atoms with Crippen molar-refractivity contribution in [2.75, 3.05) is 6.54 Å². The van der Waals surface area contributed by atoms with Crippen LogP contribution in [0.25, 0.3) is 10.9 Å². The maximum atomic E-state index is 9.40. The molecule has 0 bridgehead atoms. The summed E-state index contributed by atoms with van der Waals surface area (Å²) in [4.78, 5) is 0. The predicted octanol–water partition coefficient (Wildman–Crippen LogP) is 3.10. The van der Waals surface area contributed by atoms with E-state index >= 15 is 0 Å². The minimum absolute atomic E-state index is 0.391. The highest BCUT2D eigenvalue weighted by Gasteiger charge is 2.25. The van der Waals surface area contributed by atoms with Gasteiger partial charge in [-0.2, -0.15) is 10.4 Å². The summed E-state index contributed by atoms with van der Waals surface area (Å²) in [6, 6.07) is 10.7. The minimum atomic E-state index is -0.391. The van der Waals surface area contributed by atoms with E-state index in [0.717, 1.165) is 37.9 Å². The average molecular weight is 270 g/mol. The predicted molar refractivity (Wildman–Crippen MR) is 81.3 cm³/mol. The molecule has 2 aromatic rings. The third-order valence-corrected chi connectivity index (χ3v) is 3.86. The number of rotatable bonds is 7. The van der Waals surface area contributed by atoms with E-state index in [1.807, 2.05) is 29.9 Å². The third kappa shape index (κ3) is 3.00. The number of nitrogens with zero attached hydrogens (tertiary/aromatic N) is 3. The highest BCUT2D eigenvalue weighted by Crippen LogP contribution is 2.19. The summed E-state index contributed by atoms with van der Waals surface area (Å²) in [5, 5.41) is 18.3. The van der Waals surface area contributed by atoms with Crippen molar-refractivity contribution in [2.24, 2.45) is 0 Å². The van der Waals surface area contributed by atoms with Crippen molar-refractivity contribution >= 4 is 10.9 Å². The van der Waals surface area contributed by atoms with E-state index in [0.29, 0.717) is 0 Å². The molecule has 4 heteroatoms. The third-order valence-electron chi connectivity index (χ3n) is 3.86. The van der Waals surface area contributed by atoms with E-state index < -0.39 is 5.54 Å². The highest BCUT2D eigenvalue weighted by atomic mass is 15.3.